The molecular weight excluding hydrogens is 461 g/mol. The SMILES string of the molecule is CN=C(NCCOc1ccc2c(c1)OCO2)NCc1cccc(OC)c1.I. The summed E-state index contributed by atoms with van der Waals surface area (Å²) in [7, 11) is 3.40. The molecule has 146 valence electrons. The highest BCUT2D eigenvalue weighted by Gasteiger charge is 2.13. The number of benzene rings is 2. The van der Waals surface area contributed by atoms with E-state index in [-0.39, 0.29) is 30.8 Å². The fourth-order valence-electron chi connectivity index (χ4n) is 2.49. The lowest BCUT2D eigenvalue weighted by atomic mass is 10.2. The van der Waals surface area contributed by atoms with Crippen molar-refractivity contribution in [2.24, 2.45) is 4.99 Å². The molecule has 0 saturated heterocycles. The quantitative estimate of drug-likeness (QED) is 0.272. The fraction of sp³-hybridized carbons (Fsp3) is 0.316. The van der Waals surface area contributed by atoms with Crippen molar-refractivity contribution in [3.05, 3.63) is 48.0 Å². The highest BCUT2D eigenvalue weighted by Crippen LogP contribution is 2.34. The molecule has 0 atom stereocenters. The first-order chi connectivity index (χ1) is 12.8. The average Bonchev–Trinajstić information content (AvgIpc) is 3.15. The summed E-state index contributed by atoms with van der Waals surface area (Å²) in [6.07, 6.45) is 0. The Labute approximate surface area is 176 Å². The minimum absolute atomic E-state index is 0. The minimum Gasteiger partial charge on any atom is -0.497 e. The second kappa shape index (κ2) is 10.7. The van der Waals surface area contributed by atoms with Crippen LogP contribution in [0.1, 0.15) is 5.56 Å². The average molecular weight is 485 g/mol. The Morgan fingerprint density at radius 1 is 1.07 bits per heavy atom. The minimum atomic E-state index is 0. The smallest absolute Gasteiger partial charge is 0.231 e. The Hall–Kier alpha value is -2.36. The predicted octanol–water partition coefficient (Wildman–Crippen LogP) is 2.79. The summed E-state index contributed by atoms with van der Waals surface area (Å²) in [6.45, 7) is 2.03. The highest BCUT2D eigenvalue weighted by molar-refractivity contribution is 14.0. The van der Waals surface area contributed by atoms with Gasteiger partial charge in [-0.25, -0.2) is 0 Å². The van der Waals surface area contributed by atoms with Crippen LogP contribution in [0.15, 0.2) is 47.5 Å². The predicted molar refractivity (Wildman–Crippen MR) is 115 cm³/mol. The van der Waals surface area contributed by atoms with E-state index in [1.165, 1.54) is 0 Å². The summed E-state index contributed by atoms with van der Waals surface area (Å²) in [4.78, 5) is 4.21. The number of nitrogens with one attached hydrogen (secondary N) is 2. The summed E-state index contributed by atoms with van der Waals surface area (Å²) in [6, 6.07) is 13.4. The molecule has 0 aromatic heterocycles. The maximum absolute atomic E-state index is 5.72. The first-order valence-electron chi connectivity index (χ1n) is 8.38. The van der Waals surface area contributed by atoms with Crippen LogP contribution < -0.4 is 29.6 Å². The number of ether oxygens (including phenoxy) is 4. The molecule has 2 aromatic carbocycles. The van der Waals surface area contributed by atoms with E-state index in [1.54, 1.807) is 14.2 Å². The standard InChI is InChI=1S/C19H23N3O4.HI/c1-20-19(22-12-14-4-3-5-15(10-14)23-2)21-8-9-24-16-6-7-17-18(11-16)26-13-25-17;/h3-7,10-11H,8-9,12-13H2,1-2H3,(H2,20,21,22);1H. The first kappa shape index (κ1) is 20.9. The Kier molecular flexibility index (Phi) is 8.31. The van der Waals surface area contributed by atoms with Gasteiger partial charge in [0.1, 0.15) is 18.1 Å². The van der Waals surface area contributed by atoms with E-state index in [2.05, 4.69) is 15.6 Å². The van der Waals surface area contributed by atoms with Crippen LogP contribution in [-0.4, -0.2) is 40.1 Å². The number of methoxy groups -OCH3 is 1. The summed E-state index contributed by atoms with van der Waals surface area (Å²) >= 11 is 0. The molecule has 0 saturated carbocycles. The number of hydrogen-bond donors (Lipinski definition) is 2. The lowest BCUT2D eigenvalue weighted by Gasteiger charge is -2.13. The number of hydrogen-bond acceptors (Lipinski definition) is 5. The monoisotopic (exact) mass is 485 g/mol. The van der Waals surface area contributed by atoms with Gasteiger partial charge in [0.25, 0.3) is 0 Å². The summed E-state index contributed by atoms with van der Waals surface area (Å²) in [5.41, 5.74) is 1.11. The van der Waals surface area contributed by atoms with Crippen LogP contribution in [0.5, 0.6) is 23.0 Å². The van der Waals surface area contributed by atoms with Crippen LogP contribution in [0.25, 0.3) is 0 Å². The number of rotatable bonds is 7. The molecule has 0 amide bonds. The number of halogens is 1. The van der Waals surface area contributed by atoms with Gasteiger partial charge in [-0.05, 0) is 29.8 Å². The molecule has 0 bridgehead atoms. The van der Waals surface area contributed by atoms with Gasteiger partial charge >= 0.3 is 0 Å². The number of nitrogens with zero attached hydrogens (tertiary/aromatic N) is 1. The maximum atomic E-state index is 5.72. The van der Waals surface area contributed by atoms with Crippen molar-refractivity contribution in [1.29, 1.82) is 0 Å². The Morgan fingerprint density at radius 2 is 1.93 bits per heavy atom. The van der Waals surface area contributed by atoms with Gasteiger partial charge in [-0.2, -0.15) is 0 Å². The molecule has 0 unspecified atom stereocenters. The zero-order valence-electron chi connectivity index (χ0n) is 15.4. The van der Waals surface area contributed by atoms with Crippen LogP contribution >= 0.6 is 24.0 Å². The molecule has 2 aromatic rings. The summed E-state index contributed by atoms with van der Waals surface area (Å²) in [5, 5.41) is 6.48. The van der Waals surface area contributed by atoms with Crippen LogP contribution in [0.3, 0.4) is 0 Å². The Bertz CT molecular complexity index is 770. The lowest BCUT2D eigenvalue weighted by molar-refractivity contribution is 0.173. The molecule has 1 aliphatic heterocycles. The normalized spacial score (nSPS) is 12.1. The maximum Gasteiger partial charge on any atom is 0.231 e. The van der Waals surface area contributed by atoms with Crippen LogP contribution in [0, 0.1) is 0 Å². The third-order valence-corrected chi connectivity index (χ3v) is 3.82. The third-order valence-electron chi connectivity index (χ3n) is 3.82. The Balaban J connectivity index is 0.00000261. The van der Waals surface area contributed by atoms with E-state index < -0.39 is 0 Å². The molecule has 0 radical (unpaired) electrons. The van der Waals surface area contributed by atoms with E-state index in [4.69, 9.17) is 18.9 Å². The zero-order valence-corrected chi connectivity index (χ0v) is 17.7. The van der Waals surface area contributed by atoms with Gasteiger partial charge in [-0.1, -0.05) is 12.1 Å². The van der Waals surface area contributed by atoms with Crippen molar-refractivity contribution >= 4 is 29.9 Å². The van der Waals surface area contributed by atoms with E-state index in [1.807, 2.05) is 42.5 Å². The van der Waals surface area contributed by atoms with Gasteiger partial charge in [0.05, 0.1) is 13.7 Å². The van der Waals surface area contributed by atoms with Crippen molar-refractivity contribution in [3.63, 3.8) is 0 Å². The van der Waals surface area contributed by atoms with Crippen molar-refractivity contribution in [2.75, 3.05) is 34.1 Å². The van der Waals surface area contributed by atoms with Crippen LogP contribution in [-0.2, 0) is 6.54 Å². The van der Waals surface area contributed by atoms with Crippen molar-refractivity contribution < 1.29 is 18.9 Å². The molecule has 2 N–H and O–H groups in total. The van der Waals surface area contributed by atoms with Crippen molar-refractivity contribution in [1.82, 2.24) is 10.6 Å². The molecular formula is C19H24IN3O4. The molecule has 1 heterocycles. The third kappa shape index (κ3) is 6.09. The largest absolute Gasteiger partial charge is 0.497 e. The number of aliphatic imine (C=N–C) groups is 1. The molecule has 1 aliphatic rings. The van der Waals surface area contributed by atoms with E-state index in [0.717, 1.165) is 22.8 Å². The topological polar surface area (TPSA) is 73.3 Å². The summed E-state index contributed by atoms with van der Waals surface area (Å²) in [5.74, 6) is 3.76. The van der Waals surface area contributed by atoms with Gasteiger partial charge in [-0.3, -0.25) is 4.99 Å². The van der Waals surface area contributed by atoms with Gasteiger partial charge in [0.2, 0.25) is 6.79 Å². The summed E-state index contributed by atoms with van der Waals surface area (Å²) < 4.78 is 21.6. The van der Waals surface area contributed by atoms with Gasteiger partial charge < -0.3 is 29.6 Å². The second-order valence-corrected chi connectivity index (χ2v) is 5.57. The lowest BCUT2D eigenvalue weighted by Crippen LogP contribution is -2.38. The fourth-order valence-corrected chi connectivity index (χ4v) is 2.49. The second-order valence-electron chi connectivity index (χ2n) is 5.57. The van der Waals surface area contributed by atoms with Crippen molar-refractivity contribution in [2.45, 2.75) is 6.54 Å². The molecule has 0 aliphatic carbocycles. The van der Waals surface area contributed by atoms with Gasteiger partial charge in [-0.15, -0.1) is 24.0 Å². The molecule has 7 nitrogen and oxygen atoms in total. The van der Waals surface area contributed by atoms with Gasteiger partial charge in [0, 0.05) is 19.7 Å². The zero-order chi connectivity index (χ0) is 18.2. The van der Waals surface area contributed by atoms with E-state index in [0.29, 0.717) is 31.4 Å². The molecule has 0 spiro atoms. The van der Waals surface area contributed by atoms with E-state index >= 15 is 0 Å². The van der Waals surface area contributed by atoms with E-state index in [9.17, 15) is 0 Å². The molecule has 8 heteroatoms. The van der Waals surface area contributed by atoms with Crippen LogP contribution in [0.2, 0.25) is 0 Å². The number of guanidine groups is 1. The molecule has 27 heavy (non-hydrogen) atoms. The highest BCUT2D eigenvalue weighted by atomic mass is 127. The van der Waals surface area contributed by atoms with Crippen LogP contribution in [0.4, 0.5) is 0 Å². The Morgan fingerprint density at radius 3 is 2.74 bits per heavy atom. The molecule has 3 rings (SSSR count). The van der Waals surface area contributed by atoms with Crippen molar-refractivity contribution in [3.8, 4) is 23.0 Å². The first-order valence-corrected chi connectivity index (χ1v) is 8.38. The van der Waals surface area contributed by atoms with Gasteiger partial charge in [0.15, 0.2) is 17.5 Å². The molecule has 0 fully saturated rings. The number of fused-ring (bicyclic) bond motifs is 1.